The molecule has 0 radical (unpaired) electrons. The zero-order valence-corrected chi connectivity index (χ0v) is 11.8. The molecule has 3 heteroatoms. The number of carbonyl (C=O) groups excluding carboxylic acids is 1. The van der Waals surface area contributed by atoms with E-state index < -0.39 is 0 Å². The monoisotopic (exact) mass is 268 g/mol. The van der Waals surface area contributed by atoms with Crippen LogP contribution in [-0.2, 0) is 0 Å². The fourth-order valence-electron chi connectivity index (χ4n) is 2.05. The van der Waals surface area contributed by atoms with Crippen molar-refractivity contribution in [3.8, 4) is 0 Å². The van der Waals surface area contributed by atoms with Crippen LogP contribution in [0.25, 0.3) is 0 Å². The van der Waals surface area contributed by atoms with Crippen LogP contribution >= 0.6 is 0 Å². The topological polar surface area (TPSA) is 46.3 Å². The molecule has 0 aliphatic rings. The molecule has 20 heavy (non-hydrogen) atoms. The van der Waals surface area contributed by atoms with Crippen molar-refractivity contribution in [3.05, 3.63) is 60.2 Å². The Labute approximate surface area is 120 Å². The van der Waals surface area contributed by atoms with Crippen LogP contribution in [0.1, 0.15) is 30.1 Å². The molecule has 0 spiro atoms. The summed E-state index contributed by atoms with van der Waals surface area (Å²) in [6.45, 7) is 2.84. The van der Waals surface area contributed by atoms with E-state index in [1.165, 1.54) is 0 Å². The highest BCUT2D eigenvalue weighted by Crippen LogP contribution is 2.19. The van der Waals surface area contributed by atoms with Crippen molar-refractivity contribution in [2.45, 2.75) is 19.8 Å². The number of nitrogens with zero attached hydrogens (tertiary/aromatic N) is 1. The minimum absolute atomic E-state index is 0.0313. The molecule has 1 amide bonds. The van der Waals surface area contributed by atoms with E-state index in [2.05, 4.69) is 6.92 Å². The molecule has 0 aromatic heterocycles. The Morgan fingerprint density at radius 3 is 2.30 bits per heavy atom. The summed E-state index contributed by atoms with van der Waals surface area (Å²) in [7, 11) is 0. The Bertz CT molecular complexity index is 549. The van der Waals surface area contributed by atoms with Gasteiger partial charge in [-0.2, -0.15) is 0 Å². The van der Waals surface area contributed by atoms with Crippen molar-refractivity contribution in [2.75, 3.05) is 17.2 Å². The molecule has 0 heterocycles. The van der Waals surface area contributed by atoms with Gasteiger partial charge in [-0.3, -0.25) is 4.79 Å². The van der Waals surface area contributed by atoms with E-state index >= 15 is 0 Å². The summed E-state index contributed by atoms with van der Waals surface area (Å²) in [5.41, 5.74) is 8.01. The largest absolute Gasteiger partial charge is 0.399 e. The number of anilines is 2. The molecule has 0 saturated heterocycles. The highest BCUT2D eigenvalue weighted by atomic mass is 16.2. The second-order valence-electron chi connectivity index (χ2n) is 4.77. The van der Waals surface area contributed by atoms with Crippen LogP contribution in [0.3, 0.4) is 0 Å². The number of carbonyl (C=O) groups is 1. The standard InChI is InChI=1S/C17H20N2O/c1-2-3-13-19(16-11-9-15(18)10-12-16)17(20)14-7-5-4-6-8-14/h4-12H,2-3,13,18H2,1H3. The van der Waals surface area contributed by atoms with Gasteiger partial charge in [0, 0.05) is 23.5 Å². The number of rotatable bonds is 5. The molecular weight excluding hydrogens is 248 g/mol. The van der Waals surface area contributed by atoms with Crippen molar-refractivity contribution >= 4 is 17.3 Å². The first-order valence-corrected chi connectivity index (χ1v) is 6.95. The van der Waals surface area contributed by atoms with Gasteiger partial charge in [-0.25, -0.2) is 0 Å². The molecular formula is C17H20N2O. The fraction of sp³-hybridized carbons (Fsp3) is 0.235. The van der Waals surface area contributed by atoms with Crippen molar-refractivity contribution in [1.82, 2.24) is 0 Å². The number of hydrogen-bond acceptors (Lipinski definition) is 2. The van der Waals surface area contributed by atoms with Crippen molar-refractivity contribution in [2.24, 2.45) is 0 Å². The van der Waals surface area contributed by atoms with Gasteiger partial charge < -0.3 is 10.6 Å². The quantitative estimate of drug-likeness (QED) is 0.840. The second-order valence-corrected chi connectivity index (χ2v) is 4.77. The summed E-state index contributed by atoms with van der Waals surface area (Å²) in [6, 6.07) is 16.8. The van der Waals surface area contributed by atoms with E-state index in [0.29, 0.717) is 17.8 Å². The van der Waals surface area contributed by atoms with E-state index in [1.807, 2.05) is 59.5 Å². The Morgan fingerprint density at radius 2 is 1.70 bits per heavy atom. The molecule has 0 bridgehead atoms. The highest BCUT2D eigenvalue weighted by Gasteiger charge is 2.16. The maximum atomic E-state index is 12.6. The molecule has 3 nitrogen and oxygen atoms in total. The third kappa shape index (κ3) is 3.38. The van der Waals surface area contributed by atoms with Gasteiger partial charge in [0.25, 0.3) is 5.91 Å². The summed E-state index contributed by atoms with van der Waals surface area (Å²) >= 11 is 0. The van der Waals surface area contributed by atoms with Crippen molar-refractivity contribution in [3.63, 3.8) is 0 Å². The molecule has 0 aliphatic heterocycles. The van der Waals surface area contributed by atoms with Crippen LogP contribution in [0, 0.1) is 0 Å². The number of unbranched alkanes of at least 4 members (excludes halogenated alkanes) is 1. The average Bonchev–Trinajstić information content (AvgIpc) is 2.50. The van der Waals surface area contributed by atoms with Crippen LogP contribution in [0.15, 0.2) is 54.6 Å². The van der Waals surface area contributed by atoms with Crippen molar-refractivity contribution in [1.29, 1.82) is 0 Å². The van der Waals surface area contributed by atoms with Gasteiger partial charge in [-0.1, -0.05) is 31.5 Å². The lowest BCUT2D eigenvalue weighted by molar-refractivity contribution is 0.0986. The molecule has 2 aromatic carbocycles. The van der Waals surface area contributed by atoms with Gasteiger partial charge >= 0.3 is 0 Å². The third-order valence-corrected chi connectivity index (χ3v) is 3.21. The van der Waals surface area contributed by atoms with Crippen molar-refractivity contribution < 1.29 is 4.79 Å². The predicted octanol–water partition coefficient (Wildman–Crippen LogP) is 3.72. The summed E-state index contributed by atoms with van der Waals surface area (Å²) in [5.74, 6) is 0.0313. The molecule has 2 N–H and O–H groups in total. The van der Waals surface area contributed by atoms with Crippen LogP contribution in [0.4, 0.5) is 11.4 Å². The minimum atomic E-state index is 0.0313. The Balaban J connectivity index is 2.27. The molecule has 0 atom stereocenters. The lowest BCUT2D eigenvalue weighted by atomic mass is 10.1. The average molecular weight is 268 g/mol. The number of amides is 1. The first-order valence-electron chi connectivity index (χ1n) is 6.95. The number of hydrogen-bond donors (Lipinski definition) is 1. The lowest BCUT2D eigenvalue weighted by Gasteiger charge is -2.23. The summed E-state index contributed by atoms with van der Waals surface area (Å²) in [5, 5.41) is 0. The van der Waals surface area contributed by atoms with Crippen LogP contribution in [0.2, 0.25) is 0 Å². The number of nitrogens with two attached hydrogens (primary N) is 1. The SMILES string of the molecule is CCCCN(C(=O)c1ccccc1)c1ccc(N)cc1. The van der Waals surface area contributed by atoms with Gasteiger partial charge in [-0.15, -0.1) is 0 Å². The smallest absolute Gasteiger partial charge is 0.258 e. The summed E-state index contributed by atoms with van der Waals surface area (Å²) in [6.07, 6.45) is 2.02. The second kappa shape index (κ2) is 6.75. The van der Waals surface area contributed by atoms with E-state index in [-0.39, 0.29) is 5.91 Å². The van der Waals surface area contributed by atoms with Crippen LogP contribution in [-0.4, -0.2) is 12.5 Å². The van der Waals surface area contributed by atoms with Gasteiger partial charge in [0.05, 0.1) is 0 Å². The van der Waals surface area contributed by atoms with E-state index in [9.17, 15) is 4.79 Å². The molecule has 0 aliphatic carbocycles. The third-order valence-electron chi connectivity index (χ3n) is 3.21. The van der Waals surface area contributed by atoms with Crippen LogP contribution < -0.4 is 10.6 Å². The van der Waals surface area contributed by atoms with E-state index in [0.717, 1.165) is 18.5 Å². The zero-order chi connectivity index (χ0) is 14.4. The Kier molecular flexibility index (Phi) is 4.77. The first kappa shape index (κ1) is 14.1. The molecule has 0 fully saturated rings. The predicted molar refractivity (Wildman–Crippen MR) is 83.9 cm³/mol. The van der Waals surface area contributed by atoms with E-state index in [4.69, 9.17) is 5.73 Å². The lowest BCUT2D eigenvalue weighted by Crippen LogP contribution is -2.31. The maximum Gasteiger partial charge on any atom is 0.258 e. The first-order chi connectivity index (χ1) is 9.72. The zero-order valence-electron chi connectivity index (χ0n) is 11.8. The van der Waals surface area contributed by atoms with E-state index in [1.54, 1.807) is 0 Å². The summed E-state index contributed by atoms with van der Waals surface area (Å²) < 4.78 is 0. The van der Waals surface area contributed by atoms with Crippen LogP contribution in [0.5, 0.6) is 0 Å². The highest BCUT2D eigenvalue weighted by molar-refractivity contribution is 6.06. The number of nitrogen functional groups attached to an aromatic ring is 1. The van der Waals surface area contributed by atoms with Gasteiger partial charge in [0.1, 0.15) is 0 Å². The Hall–Kier alpha value is -2.29. The van der Waals surface area contributed by atoms with Gasteiger partial charge in [0.15, 0.2) is 0 Å². The fourth-order valence-corrected chi connectivity index (χ4v) is 2.05. The number of benzene rings is 2. The summed E-state index contributed by atoms with van der Waals surface area (Å²) in [4.78, 5) is 14.4. The molecule has 0 unspecified atom stereocenters. The van der Waals surface area contributed by atoms with Gasteiger partial charge in [0.2, 0.25) is 0 Å². The molecule has 0 saturated carbocycles. The Morgan fingerprint density at radius 1 is 1.05 bits per heavy atom. The maximum absolute atomic E-state index is 12.6. The molecule has 2 aromatic rings. The molecule has 2 rings (SSSR count). The minimum Gasteiger partial charge on any atom is -0.399 e. The molecule has 104 valence electrons. The normalized spacial score (nSPS) is 10.2. The van der Waals surface area contributed by atoms with Gasteiger partial charge in [-0.05, 0) is 42.8 Å².